The van der Waals surface area contributed by atoms with E-state index < -0.39 is 0 Å². The Hall–Kier alpha value is -1.30. The Labute approximate surface area is 119 Å². The van der Waals surface area contributed by atoms with Crippen molar-refractivity contribution in [3.05, 3.63) is 60.3 Å². The van der Waals surface area contributed by atoms with Gasteiger partial charge in [-0.1, -0.05) is 68.4 Å². The van der Waals surface area contributed by atoms with Gasteiger partial charge in [-0.25, -0.2) is 0 Å². The largest absolute Gasteiger partial charge is 0.0985 e. The average molecular weight is 256 g/mol. The molecule has 1 rings (SSSR count). The first-order valence-corrected chi connectivity index (χ1v) is 7.59. The molecule has 0 bridgehead atoms. The van der Waals surface area contributed by atoms with E-state index >= 15 is 0 Å². The maximum Gasteiger partial charge on any atom is -0.00917 e. The van der Waals surface area contributed by atoms with Gasteiger partial charge in [0, 0.05) is 0 Å². The smallest absolute Gasteiger partial charge is 0.00917 e. The fourth-order valence-electron chi connectivity index (χ4n) is 2.62. The zero-order chi connectivity index (χ0) is 13.9. The van der Waals surface area contributed by atoms with Gasteiger partial charge in [0.15, 0.2) is 0 Å². The molecular weight excluding hydrogens is 228 g/mol. The molecule has 1 aliphatic rings. The third-order valence-electron chi connectivity index (χ3n) is 3.81. The molecule has 0 unspecified atom stereocenters. The van der Waals surface area contributed by atoms with Crippen LogP contribution in [0.15, 0.2) is 60.3 Å². The zero-order valence-corrected chi connectivity index (χ0v) is 12.6. The highest BCUT2D eigenvalue weighted by atomic mass is 14.1. The second-order valence-electron chi connectivity index (χ2n) is 5.20. The van der Waals surface area contributed by atoms with Gasteiger partial charge in [0.1, 0.15) is 0 Å². The molecule has 104 valence electrons. The molecule has 0 spiro atoms. The third kappa shape index (κ3) is 5.92. The summed E-state index contributed by atoms with van der Waals surface area (Å²) in [4.78, 5) is 0. The quantitative estimate of drug-likeness (QED) is 0.395. The molecule has 0 radical (unpaired) electrons. The summed E-state index contributed by atoms with van der Waals surface area (Å²) in [5, 5.41) is 0. The van der Waals surface area contributed by atoms with Crippen molar-refractivity contribution in [1.29, 1.82) is 0 Å². The van der Waals surface area contributed by atoms with E-state index in [1.165, 1.54) is 43.3 Å². The van der Waals surface area contributed by atoms with Crippen LogP contribution in [0.4, 0.5) is 0 Å². The highest BCUT2D eigenvalue weighted by Gasteiger charge is 2.09. The van der Waals surface area contributed by atoms with Gasteiger partial charge in [-0.15, -0.1) is 0 Å². The van der Waals surface area contributed by atoms with E-state index in [2.05, 4.69) is 56.9 Å². The molecule has 0 aliphatic heterocycles. The topological polar surface area (TPSA) is 0 Å². The zero-order valence-electron chi connectivity index (χ0n) is 12.6. The van der Waals surface area contributed by atoms with Crippen molar-refractivity contribution >= 4 is 0 Å². The minimum absolute atomic E-state index is 0.797. The minimum Gasteiger partial charge on any atom is -0.0985 e. The Morgan fingerprint density at radius 1 is 1.16 bits per heavy atom. The third-order valence-corrected chi connectivity index (χ3v) is 3.81. The molecular formula is C19H28. The molecule has 0 saturated heterocycles. The van der Waals surface area contributed by atoms with Crippen LogP contribution in [0, 0.1) is 5.92 Å². The Kier molecular flexibility index (Phi) is 7.97. The van der Waals surface area contributed by atoms with Crippen molar-refractivity contribution in [2.45, 2.75) is 52.4 Å². The molecule has 0 aromatic carbocycles. The lowest BCUT2D eigenvalue weighted by atomic mass is 9.89. The Bertz CT molecular complexity index is 371. The van der Waals surface area contributed by atoms with Crippen LogP contribution in [0.2, 0.25) is 0 Å². The maximum absolute atomic E-state index is 3.90. The molecule has 0 heteroatoms. The molecule has 1 saturated carbocycles. The second-order valence-corrected chi connectivity index (χ2v) is 5.20. The number of hydrogen-bond donors (Lipinski definition) is 0. The summed E-state index contributed by atoms with van der Waals surface area (Å²) in [5.41, 5.74) is 2.59. The van der Waals surface area contributed by atoms with E-state index in [1.54, 1.807) is 0 Å². The Morgan fingerprint density at radius 2 is 1.89 bits per heavy atom. The van der Waals surface area contributed by atoms with Crippen LogP contribution in [0.25, 0.3) is 0 Å². The summed E-state index contributed by atoms with van der Waals surface area (Å²) in [5.74, 6) is 0.797. The van der Waals surface area contributed by atoms with Gasteiger partial charge in [0.25, 0.3) is 0 Å². The highest BCUT2D eigenvalue weighted by molar-refractivity contribution is 5.41. The van der Waals surface area contributed by atoms with E-state index in [0.29, 0.717) is 0 Å². The summed E-state index contributed by atoms with van der Waals surface area (Å²) in [6.07, 6.45) is 23.2. The van der Waals surface area contributed by atoms with Crippen LogP contribution in [-0.4, -0.2) is 0 Å². The molecule has 0 nitrogen and oxygen atoms in total. The van der Waals surface area contributed by atoms with Crippen LogP contribution in [0.3, 0.4) is 0 Å². The fraction of sp³-hybridized carbons (Fsp3) is 0.474. The predicted octanol–water partition coefficient (Wildman–Crippen LogP) is 6.15. The van der Waals surface area contributed by atoms with Crippen molar-refractivity contribution in [3.8, 4) is 0 Å². The fourth-order valence-corrected chi connectivity index (χ4v) is 2.62. The summed E-state index contributed by atoms with van der Waals surface area (Å²) in [7, 11) is 0. The normalized spacial score (nSPS) is 19.5. The molecule has 0 aromatic heterocycles. The van der Waals surface area contributed by atoms with Crippen molar-refractivity contribution in [2.75, 3.05) is 0 Å². The van der Waals surface area contributed by atoms with Gasteiger partial charge in [-0.3, -0.25) is 0 Å². The SMILES string of the molecule is C=CC(=C\C)/C(=C/C=C/C1CCCCC1)C/C=C\C. The van der Waals surface area contributed by atoms with Gasteiger partial charge >= 0.3 is 0 Å². The molecule has 0 atom stereocenters. The van der Waals surface area contributed by atoms with Crippen molar-refractivity contribution < 1.29 is 0 Å². The highest BCUT2D eigenvalue weighted by Crippen LogP contribution is 2.25. The molecule has 19 heavy (non-hydrogen) atoms. The molecule has 0 aromatic rings. The Morgan fingerprint density at radius 3 is 2.47 bits per heavy atom. The lowest BCUT2D eigenvalue weighted by Crippen LogP contribution is -2.02. The molecule has 0 amide bonds. The van der Waals surface area contributed by atoms with Crippen LogP contribution < -0.4 is 0 Å². The van der Waals surface area contributed by atoms with Gasteiger partial charge in [-0.2, -0.15) is 0 Å². The van der Waals surface area contributed by atoms with Crippen LogP contribution in [-0.2, 0) is 0 Å². The summed E-state index contributed by atoms with van der Waals surface area (Å²) in [6, 6.07) is 0. The maximum atomic E-state index is 3.90. The first kappa shape index (κ1) is 15.8. The molecule has 0 heterocycles. The van der Waals surface area contributed by atoms with E-state index in [0.717, 1.165) is 12.3 Å². The van der Waals surface area contributed by atoms with E-state index in [-0.39, 0.29) is 0 Å². The average Bonchev–Trinajstić information content (AvgIpc) is 2.46. The van der Waals surface area contributed by atoms with Gasteiger partial charge < -0.3 is 0 Å². The minimum atomic E-state index is 0.797. The van der Waals surface area contributed by atoms with Crippen molar-refractivity contribution in [1.82, 2.24) is 0 Å². The van der Waals surface area contributed by atoms with Gasteiger partial charge in [0.2, 0.25) is 0 Å². The molecule has 1 aliphatic carbocycles. The number of allylic oxidation sites excluding steroid dienone is 9. The van der Waals surface area contributed by atoms with E-state index in [4.69, 9.17) is 0 Å². The number of rotatable bonds is 6. The van der Waals surface area contributed by atoms with Crippen molar-refractivity contribution in [2.24, 2.45) is 5.92 Å². The van der Waals surface area contributed by atoms with Gasteiger partial charge in [-0.05, 0) is 50.2 Å². The van der Waals surface area contributed by atoms with E-state index in [9.17, 15) is 0 Å². The summed E-state index contributed by atoms with van der Waals surface area (Å²) >= 11 is 0. The summed E-state index contributed by atoms with van der Waals surface area (Å²) in [6.45, 7) is 8.04. The van der Waals surface area contributed by atoms with Gasteiger partial charge in [0.05, 0.1) is 0 Å². The lowest BCUT2D eigenvalue weighted by Gasteiger charge is -2.17. The predicted molar refractivity (Wildman–Crippen MR) is 87.2 cm³/mol. The number of hydrogen-bond acceptors (Lipinski definition) is 0. The van der Waals surface area contributed by atoms with Crippen LogP contribution in [0.5, 0.6) is 0 Å². The Balaban J connectivity index is 2.69. The van der Waals surface area contributed by atoms with E-state index in [1.807, 2.05) is 6.08 Å². The monoisotopic (exact) mass is 256 g/mol. The summed E-state index contributed by atoms with van der Waals surface area (Å²) < 4.78 is 0. The second kappa shape index (κ2) is 9.61. The van der Waals surface area contributed by atoms with Crippen LogP contribution in [0.1, 0.15) is 52.4 Å². The first-order chi connectivity index (χ1) is 9.31. The molecule has 1 fully saturated rings. The van der Waals surface area contributed by atoms with Crippen molar-refractivity contribution in [3.63, 3.8) is 0 Å². The van der Waals surface area contributed by atoms with Crippen LogP contribution >= 0.6 is 0 Å². The standard InChI is InChI=1S/C19H28/c1-4-7-15-19(18(5-2)6-3)16-11-14-17-12-9-8-10-13-17/h4-7,11,14,16-17H,2,8-10,12-13,15H2,1,3H3/b7-4-,14-11+,18-6+,19-16+. The lowest BCUT2D eigenvalue weighted by molar-refractivity contribution is 0.419. The first-order valence-electron chi connectivity index (χ1n) is 7.59. The molecule has 0 N–H and O–H groups in total.